The summed E-state index contributed by atoms with van der Waals surface area (Å²) in [7, 11) is 1.57. The number of hydrogen-bond donors (Lipinski definition) is 2. The molecule has 9 heteroatoms. The molecule has 0 bridgehead atoms. The number of amides is 2. The van der Waals surface area contributed by atoms with E-state index in [1.807, 2.05) is 12.1 Å². The van der Waals surface area contributed by atoms with Crippen LogP contribution < -0.4 is 15.4 Å². The highest BCUT2D eigenvalue weighted by Crippen LogP contribution is 2.36. The first-order valence-corrected chi connectivity index (χ1v) is 10.6. The highest BCUT2D eigenvalue weighted by molar-refractivity contribution is 8.03. The number of thioether (sulfide) groups is 1. The Hall–Kier alpha value is -2.66. The molecular weight excluding hydrogens is 445 g/mol. The molecule has 0 aromatic heterocycles. The number of hydrogen-bond acceptors (Lipinski definition) is 5. The van der Waals surface area contributed by atoms with Crippen LogP contribution in [0.3, 0.4) is 0 Å². The van der Waals surface area contributed by atoms with Crippen LogP contribution in [-0.2, 0) is 9.59 Å². The number of benzene rings is 2. The van der Waals surface area contributed by atoms with Crippen molar-refractivity contribution in [2.24, 2.45) is 0 Å². The average molecular weight is 462 g/mol. The molecule has 1 aliphatic rings. The van der Waals surface area contributed by atoms with Gasteiger partial charge in [0.15, 0.2) is 0 Å². The lowest BCUT2D eigenvalue weighted by Gasteiger charge is -2.25. The number of nitrogens with zero attached hydrogens (tertiary/aromatic N) is 1. The highest BCUT2D eigenvalue weighted by Gasteiger charge is 2.29. The topological polar surface area (TPSA) is 91.2 Å². The molecule has 2 aromatic carbocycles. The van der Waals surface area contributed by atoms with E-state index in [0.29, 0.717) is 32.1 Å². The van der Waals surface area contributed by atoms with Crippen molar-refractivity contribution in [3.05, 3.63) is 68.7 Å². The Morgan fingerprint density at radius 3 is 2.63 bits per heavy atom. The van der Waals surface area contributed by atoms with E-state index in [9.17, 15) is 14.9 Å². The zero-order valence-electron chi connectivity index (χ0n) is 15.9. The molecule has 1 atom stereocenters. The Kier molecular flexibility index (Phi) is 7.27. The predicted octanol–water partition coefficient (Wildman–Crippen LogP) is 4.71. The fourth-order valence-electron chi connectivity index (χ4n) is 2.96. The van der Waals surface area contributed by atoms with E-state index in [2.05, 4.69) is 16.7 Å². The van der Waals surface area contributed by atoms with Gasteiger partial charge in [0.25, 0.3) is 0 Å². The predicted molar refractivity (Wildman–Crippen MR) is 119 cm³/mol. The van der Waals surface area contributed by atoms with Gasteiger partial charge < -0.3 is 15.4 Å². The first-order valence-electron chi connectivity index (χ1n) is 8.87. The Morgan fingerprint density at radius 2 is 2.00 bits per heavy atom. The first kappa shape index (κ1) is 22.0. The van der Waals surface area contributed by atoms with Crippen LogP contribution in [0.1, 0.15) is 17.9 Å². The number of ether oxygens (including phenoxy) is 1. The standard InChI is InChI=1S/C21H17Cl2N3O3S/c1-29-14-5-2-12(3-6-14)15-9-19(27)26-21(16(15)10-24)30-11-20(28)25-13-4-7-17(22)18(23)8-13/h2-8,15H,9,11H2,1H3,(H,25,28)(H,26,27)/t15-/m1/s1. The maximum Gasteiger partial charge on any atom is 0.234 e. The summed E-state index contributed by atoms with van der Waals surface area (Å²) in [5.41, 5.74) is 1.76. The lowest BCUT2D eigenvalue weighted by Crippen LogP contribution is -2.31. The zero-order chi connectivity index (χ0) is 21.7. The Labute approximate surface area is 188 Å². The number of nitrogens with one attached hydrogen (secondary N) is 2. The number of nitriles is 1. The second kappa shape index (κ2) is 9.90. The van der Waals surface area contributed by atoms with E-state index in [-0.39, 0.29) is 29.9 Å². The van der Waals surface area contributed by atoms with Gasteiger partial charge in [-0.05, 0) is 35.9 Å². The van der Waals surface area contributed by atoms with Gasteiger partial charge in [0, 0.05) is 18.0 Å². The number of halogens is 2. The van der Waals surface area contributed by atoms with Gasteiger partial charge in [-0.3, -0.25) is 9.59 Å². The molecule has 0 saturated carbocycles. The number of methoxy groups -OCH3 is 1. The van der Waals surface area contributed by atoms with Gasteiger partial charge >= 0.3 is 0 Å². The third-order valence-electron chi connectivity index (χ3n) is 4.43. The van der Waals surface area contributed by atoms with Gasteiger partial charge in [0.2, 0.25) is 11.8 Å². The van der Waals surface area contributed by atoms with Crippen molar-refractivity contribution in [3.63, 3.8) is 0 Å². The summed E-state index contributed by atoms with van der Waals surface area (Å²) < 4.78 is 5.16. The van der Waals surface area contributed by atoms with Gasteiger partial charge in [-0.15, -0.1) is 0 Å². The molecular formula is C21H17Cl2N3O3S. The third kappa shape index (κ3) is 5.28. The van der Waals surface area contributed by atoms with Gasteiger partial charge in [-0.1, -0.05) is 47.1 Å². The van der Waals surface area contributed by atoms with Gasteiger partial charge in [-0.25, -0.2) is 0 Å². The lowest BCUT2D eigenvalue weighted by atomic mass is 9.87. The summed E-state index contributed by atoms with van der Waals surface area (Å²) >= 11 is 12.9. The Morgan fingerprint density at radius 1 is 1.27 bits per heavy atom. The smallest absolute Gasteiger partial charge is 0.234 e. The van der Waals surface area contributed by atoms with Crippen molar-refractivity contribution in [1.29, 1.82) is 5.26 Å². The zero-order valence-corrected chi connectivity index (χ0v) is 18.2. The summed E-state index contributed by atoms with van der Waals surface area (Å²) in [6.07, 6.45) is 0.161. The van der Waals surface area contributed by atoms with Crippen LogP contribution in [0.4, 0.5) is 5.69 Å². The second-order valence-corrected chi connectivity index (χ2v) is 8.20. The minimum Gasteiger partial charge on any atom is -0.497 e. The third-order valence-corrected chi connectivity index (χ3v) is 6.18. The van der Waals surface area contributed by atoms with E-state index >= 15 is 0 Å². The van der Waals surface area contributed by atoms with Crippen LogP contribution in [-0.4, -0.2) is 24.7 Å². The molecule has 0 radical (unpaired) electrons. The fourth-order valence-corrected chi connectivity index (χ4v) is 4.14. The molecule has 0 fully saturated rings. The van der Waals surface area contributed by atoms with Crippen LogP contribution in [0.15, 0.2) is 53.1 Å². The summed E-state index contributed by atoms with van der Waals surface area (Å²) in [6.45, 7) is 0. The summed E-state index contributed by atoms with van der Waals surface area (Å²) in [6, 6.07) is 14.2. The van der Waals surface area contributed by atoms with E-state index < -0.39 is 0 Å². The molecule has 2 aromatic rings. The maximum atomic E-state index is 12.3. The molecule has 0 spiro atoms. The molecule has 2 N–H and O–H groups in total. The van der Waals surface area contributed by atoms with E-state index in [1.54, 1.807) is 37.4 Å². The number of carbonyl (C=O) groups excluding carboxylic acids is 2. The number of allylic oxidation sites excluding steroid dienone is 1. The van der Waals surface area contributed by atoms with Crippen molar-refractivity contribution >= 4 is 52.5 Å². The SMILES string of the molecule is COc1ccc([C@H]2CC(=O)NC(SCC(=O)Nc3ccc(Cl)c(Cl)c3)=C2C#N)cc1. The normalized spacial score (nSPS) is 15.9. The van der Waals surface area contributed by atoms with Crippen LogP contribution in [0, 0.1) is 11.3 Å². The average Bonchev–Trinajstić information content (AvgIpc) is 2.74. The van der Waals surface area contributed by atoms with Gasteiger partial charge in [0.1, 0.15) is 5.75 Å². The molecule has 2 amide bonds. The molecule has 0 saturated heterocycles. The number of anilines is 1. The van der Waals surface area contributed by atoms with Crippen LogP contribution in [0.5, 0.6) is 5.75 Å². The van der Waals surface area contributed by atoms with Crippen molar-refractivity contribution < 1.29 is 14.3 Å². The van der Waals surface area contributed by atoms with Crippen molar-refractivity contribution in [3.8, 4) is 11.8 Å². The number of rotatable bonds is 6. The number of carbonyl (C=O) groups is 2. The van der Waals surface area contributed by atoms with Crippen LogP contribution in [0.25, 0.3) is 0 Å². The summed E-state index contributed by atoms with van der Waals surface area (Å²) in [4.78, 5) is 24.5. The quantitative estimate of drug-likeness (QED) is 0.649. The Bertz CT molecular complexity index is 1050. The van der Waals surface area contributed by atoms with Gasteiger partial charge in [-0.2, -0.15) is 5.26 Å². The second-order valence-electron chi connectivity index (χ2n) is 6.40. The minimum absolute atomic E-state index is 0.0103. The molecule has 1 aliphatic heterocycles. The highest BCUT2D eigenvalue weighted by atomic mass is 35.5. The molecule has 6 nitrogen and oxygen atoms in total. The minimum atomic E-state index is -0.379. The molecule has 1 heterocycles. The lowest BCUT2D eigenvalue weighted by molar-refractivity contribution is -0.121. The summed E-state index contributed by atoms with van der Waals surface area (Å²) in [5.74, 6) is -0.187. The van der Waals surface area contributed by atoms with E-state index in [0.717, 1.165) is 17.3 Å². The molecule has 0 unspecified atom stereocenters. The fraction of sp³-hybridized carbons (Fsp3) is 0.190. The van der Waals surface area contributed by atoms with Crippen molar-refractivity contribution in [2.45, 2.75) is 12.3 Å². The first-order chi connectivity index (χ1) is 14.4. The van der Waals surface area contributed by atoms with Crippen LogP contribution in [0.2, 0.25) is 10.0 Å². The summed E-state index contributed by atoms with van der Waals surface area (Å²) in [5, 5.41) is 16.3. The maximum absolute atomic E-state index is 12.3. The van der Waals surface area contributed by atoms with E-state index in [1.165, 1.54) is 0 Å². The molecule has 0 aliphatic carbocycles. The molecule has 3 rings (SSSR count). The largest absolute Gasteiger partial charge is 0.497 e. The Balaban J connectivity index is 1.74. The van der Waals surface area contributed by atoms with Gasteiger partial charge in [0.05, 0.1) is 39.6 Å². The van der Waals surface area contributed by atoms with Crippen LogP contribution >= 0.6 is 35.0 Å². The van der Waals surface area contributed by atoms with Crippen molar-refractivity contribution in [2.75, 3.05) is 18.2 Å². The van der Waals surface area contributed by atoms with E-state index in [4.69, 9.17) is 27.9 Å². The monoisotopic (exact) mass is 461 g/mol. The molecule has 154 valence electrons. The molecule has 30 heavy (non-hydrogen) atoms. The van der Waals surface area contributed by atoms with Crippen molar-refractivity contribution in [1.82, 2.24) is 5.32 Å².